The van der Waals surface area contributed by atoms with Crippen LogP contribution in [0.3, 0.4) is 0 Å². The van der Waals surface area contributed by atoms with E-state index < -0.39 is 22.1 Å². The summed E-state index contributed by atoms with van der Waals surface area (Å²) in [6.45, 7) is 0.147. The van der Waals surface area contributed by atoms with Gasteiger partial charge in [-0.05, 0) is 36.2 Å². The van der Waals surface area contributed by atoms with Crippen LogP contribution in [0.2, 0.25) is 0 Å². The highest BCUT2D eigenvalue weighted by Gasteiger charge is 2.32. The maximum absolute atomic E-state index is 13.3. The second-order valence-corrected chi connectivity index (χ2v) is 6.93. The minimum Gasteiger partial charge on any atom is -0.481 e. The molecule has 1 aliphatic rings. The SMILES string of the molecule is NC(=O)N1[C]=C(OCC=CCc2cc(F)ccc2[N+](=O)[O-])SC1c1ccncc1. The van der Waals surface area contributed by atoms with Gasteiger partial charge >= 0.3 is 6.03 Å². The van der Waals surface area contributed by atoms with Gasteiger partial charge in [0.1, 0.15) is 24.0 Å². The molecule has 1 unspecified atom stereocenters. The number of thioether (sulfide) groups is 1. The predicted octanol–water partition coefficient (Wildman–Crippen LogP) is 3.67. The molecule has 1 aromatic heterocycles. The predicted molar refractivity (Wildman–Crippen MR) is 105 cm³/mol. The molecule has 0 saturated heterocycles. The zero-order valence-corrected chi connectivity index (χ0v) is 15.8. The Bertz CT molecular complexity index is 968. The van der Waals surface area contributed by atoms with Gasteiger partial charge in [-0.25, -0.2) is 9.18 Å². The first-order chi connectivity index (χ1) is 14.0. The summed E-state index contributed by atoms with van der Waals surface area (Å²) in [5.41, 5.74) is 6.36. The van der Waals surface area contributed by atoms with Gasteiger partial charge in [-0.1, -0.05) is 23.9 Å². The molecule has 29 heavy (non-hydrogen) atoms. The quantitative estimate of drug-likeness (QED) is 0.419. The Morgan fingerprint density at radius 1 is 1.38 bits per heavy atom. The summed E-state index contributed by atoms with van der Waals surface area (Å²) in [7, 11) is 0. The number of carbonyl (C=O) groups is 1. The van der Waals surface area contributed by atoms with Crippen LogP contribution in [-0.4, -0.2) is 27.4 Å². The number of halogens is 1. The van der Waals surface area contributed by atoms with Crippen molar-refractivity contribution in [1.29, 1.82) is 0 Å². The first-order valence-corrected chi connectivity index (χ1v) is 9.33. The van der Waals surface area contributed by atoms with E-state index in [9.17, 15) is 19.3 Å². The number of ether oxygens (including phenoxy) is 1. The molecule has 149 valence electrons. The van der Waals surface area contributed by atoms with Crippen LogP contribution in [0, 0.1) is 22.1 Å². The molecule has 1 radical (unpaired) electrons. The number of nitro benzene ring substituents is 1. The summed E-state index contributed by atoms with van der Waals surface area (Å²) in [5, 5.41) is 11.0. The fourth-order valence-corrected chi connectivity index (χ4v) is 3.66. The number of hydrogen-bond donors (Lipinski definition) is 1. The van der Waals surface area contributed by atoms with Crippen LogP contribution in [0.5, 0.6) is 0 Å². The van der Waals surface area contributed by atoms with E-state index in [0.717, 1.165) is 23.8 Å². The topological polar surface area (TPSA) is 112 Å². The van der Waals surface area contributed by atoms with Gasteiger partial charge in [-0.3, -0.25) is 20.0 Å². The van der Waals surface area contributed by atoms with Gasteiger partial charge in [0.2, 0.25) is 0 Å². The fraction of sp³-hybridized carbons (Fsp3) is 0.158. The van der Waals surface area contributed by atoms with Crippen molar-refractivity contribution in [3.05, 3.63) is 93.2 Å². The highest BCUT2D eigenvalue weighted by atomic mass is 32.2. The van der Waals surface area contributed by atoms with Crippen molar-refractivity contribution in [2.45, 2.75) is 11.8 Å². The molecule has 1 aromatic carbocycles. The highest BCUT2D eigenvalue weighted by Crippen LogP contribution is 2.43. The van der Waals surface area contributed by atoms with E-state index in [0.29, 0.717) is 5.09 Å². The third-order valence-electron chi connectivity index (χ3n) is 3.95. The van der Waals surface area contributed by atoms with E-state index in [1.54, 1.807) is 36.7 Å². The summed E-state index contributed by atoms with van der Waals surface area (Å²) < 4.78 is 18.9. The van der Waals surface area contributed by atoms with Crippen molar-refractivity contribution < 1.29 is 18.8 Å². The number of aromatic nitrogens is 1. The van der Waals surface area contributed by atoms with Gasteiger partial charge < -0.3 is 10.5 Å². The third kappa shape index (κ3) is 5.11. The number of nitrogens with two attached hydrogens (primary N) is 1. The maximum atomic E-state index is 13.3. The summed E-state index contributed by atoms with van der Waals surface area (Å²) in [6, 6.07) is 6.20. The molecule has 2 aromatic rings. The molecule has 3 rings (SSSR count). The van der Waals surface area contributed by atoms with Crippen molar-refractivity contribution in [2.24, 2.45) is 5.73 Å². The molecule has 2 N–H and O–H groups in total. The van der Waals surface area contributed by atoms with Gasteiger partial charge in [0.05, 0.1) is 4.92 Å². The van der Waals surface area contributed by atoms with Gasteiger partial charge in [0.25, 0.3) is 5.69 Å². The fourth-order valence-electron chi connectivity index (χ4n) is 2.62. The largest absolute Gasteiger partial charge is 0.481 e. The zero-order chi connectivity index (χ0) is 20.8. The summed E-state index contributed by atoms with van der Waals surface area (Å²) >= 11 is 1.27. The van der Waals surface area contributed by atoms with E-state index in [-0.39, 0.29) is 24.3 Å². The molecule has 8 nitrogen and oxygen atoms in total. The van der Waals surface area contributed by atoms with Gasteiger partial charge in [-0.15, -0.1) is 0 Å². The lowest BCUT2D eigenvalue weighted by atomic mass is 10.1. The number of nitro groups is 1. The Kier molecular flexibility index (Phi) is 6.45. The second kappa shape index (κ2) is 9.20. The number of pyridine rings is 1. The standard InChI is InChI=1S/C19H16FN4O4S/c20-15-4-5-16(24(26)27)14(11-15)3-1-2-10-28-17-12-23(19(21)25)18(29-17)13-6-8-22-9-7-13/h1-2,4-9,11,18H,3,10H2,(H2,21,25). The van der Waals surface area contributed by atoms with E-state index in [1.165, 1.54) is 16.7 Å². The number of nitrogens with zero attached hydrogens (tertiary/aromatic N) is 3. The summed E-state index contributed by atoms with van der Waals surface area (Å²) in [6.07, 6.45) is 9.51. The van der Waals surface area contributed by atoms with E-state index in [1.807, 2.05) is 0 Å². The average Bonchev–Trinajstić information content (AvgIpc) is 3.13. The number of hydrogen-bond acceptors (Lipinski definition) is 6. The van der Waals surface area contributed by atoms with Crippen molar-refractivity contribution in [3.63, 3.8) is 0 Å². The number of amides is 2. The Balaban J connectivity index is 1.58. The summed E-state index contributed by atoms with van der Waals surface area (Å²) in [4.78, 5) is 27.3. The minimum absolute atomic E-state index is 0.142. The number of primary amides is 1. The Labute approximate surface area is 170 Å². The highest BCUT2D eigenvalue weighted by molar-refractivity contribution is 8.03. The second-order valence-electron chi connectivity index (χ2n) is 5.87. The molecular weight excluding hydrogens is 399 g/mol. The van der Waals surface area contributed by atoms with Crippen LogP contribution in [0.4, 0.5) is 14.9 Å². The van der Waals surface area contributed by atoms with Crippen LogP contribution in [0.1, 0.15) is 16.5 Å². The zero-order valence-electron chi connectivity index (χ0n) is 15.0. The van der Waals surface area contributed by atoms with Crippen molar-refractivity contribution in [3.8, 4) is 0 Å². The number of carbonyl (C=O) groups excluding carboxylic acids is 1. The van der Waals surface area contributed by atoms with Crippen molar-refractivity contribution >= 4 is 23.5 Å². The molecule has 0 fully saturated rings. The smallest absolute Gasteiger partial charge is 0.320 e. The number of benzene rings is 1. The lowest BCUT2D eigenvalue weighted by molar-refractivity contribution is -0.385. The number of rotatable bonds is 7. The molecule has 2 heterocycles. The third-order valence-corrected chi connectivity index (χ3v) is 5.08. The molecule has 2 amide bonds. The van der Waals surface area contributed by atoms with E-state index in [2.05, 4.69) is 11.2 Å². The minimum atomic E-state index is -0.660. The molecular formula is C19H16FN4O4S. The van der Waals surface area contributed by atoms with Crippen molar-refractivity contribution in [1.82, 2.24) is 9.88 Å². The summed E-state index contributed by atoms with van der Waals surface area (Å²) in [5.74, 6) is -0.536. The Morgan fingerprint density at radius 2 is 2.14 bits per heavy atom. The molecule has 1 atom stereocenters. The van der Waals surface area contributed by atoms with Crippen LogP contribution in [-0.2, 0) is 11.2 Å². The van der Waals surface area contributed by atoms with Crippen LogP contribution in [0.25, 0.3) is 0 Å². The molecule has 0 bridgehead atoms. The molecule has 0 aliphatic carbocycles. The van der Waals surface area contributed by atoms with E-state index >= 15 is 0 Å². The van der Waals surface area contributed by atoms with Crippen molar-refractivity contribution in [2.75, 3.05) is 6.61 Å². The van der Waals surface area contributed by atoms with E-state index in [4.69, 9.17) is 10.5 Å². The first kappa shape index (κ1) is 20.3. The monoisotopic (exact) mass is 415 g/mol. The van der Waals surface area contributed by atoms with Gasteiger partial charge in [0.15, 0.2) is 5.09 Å². The number of allylic oxidation sites excluding steroid dienone is 1. The first-order valence-electron chi connectivity index (χ1n) is 8.45. The van der Waals surface area contributed by atoms with Crippen LogP contribution in [0.15, 0.2) is 60.0 Å². The average molecular weight is 415 g/mol. The molecule has 0 saturated carbocycles. The number of urea groups is 1. The van der Waals surface area contributed by atoms with Gasteiger partial charge in [0, 0.05) is 24.0 Å². The maximum Gasteiger partial charge on any atom is 0.320 e. The van der Waals surface area contributed by atoms with Crippen LogP contribution >= 0.6 is 11.8 Å². The normalized spacial score (nSPS) is 16.1. The lowest BCUT2D eigenvalue weighted by Crippen LogP contribution is -2.31. The Hall–Kier alpha value is -3.40. The molecule has 1 aliphatic heterocycles. The molecule has 10 heteroatoms. The molecule has 0 spiro atoms. The lowest BCUT2D eigenvalue weighted by Gasteiger charge is -2.19. The van der Waals surface area contributed by atoms with Gasteiger partial charge in [-0.2, -0.15) is 0 Å². The van der Waals surface area contributed by atoms with Crippen LogP contribution < -0.4 is 5.73 Å². The Morgan fingerprint density at radius 3 is 2.83 bits per heavy atom.